The molecular formula is C12H19BrO2S. The number of methoxy groups -OCH3 is 1. The molecule has 0 aromatic carbocycles. The highest BCUT2D eigenvalue weighted by atomic mass is 79.9. The van der Waals surface area contributed by atoms with Gasteiger partial charge in [-0.2, -0.15) is 0 Å². The normalized spacial score (nSPS) is 14.1. The van der Waals surface area contributed by atoms with Gasteiger partial charge in [0.15, 0.2) is 0 Å². The molecule has 92 valence electrons. The first kappa shape index (κ1) is 14.2. The summed E-state index contributed by atoms with van der Waals surface area (Å²) < 4.78 is 6.60. The van der Waals surface area contributed by atoms with Gasteiger partial charge in [0.05, 0.1) is 11.7 Å². The van der Waals surface area contributed by atoms with Gasteiger partial charge in [-0.1, -0.05) is 13.8 Å². The number of halogens is 1. The van der Waals surface area contributed by atoms with Crippen LogP contribution >= 0.6 is 27.3 Å². The smallest absolute Gasteiger partial charge is 0.0934 e. The zero-order valence-electron chi connectivity index (χ0n) is 10.00. The standard InChI is InChI=1S/C12H19BrO2S/c1-4-12(5-2,15-3)11(14)7-10-6-9(13)8-16-10/h6,8,11,14H,4-5,7H2,1-3H3. The van der Waals surface area contributed by atoms with Crippen LogP contribution < -0.4 is 0 Å². The molecule has 1 aromatic rings. The van der Waals surface area contributed by atoms with Gasteiger partial charge in [0.2, 0.25) is 0 Å². The van der Waals surface area contributed by atoms with E-state index in [1.807, 2.05) is 5.38 Å². The lowest BCUT2D eigenvalue weighted by Gasteiger charge is -2.35. The van der Waals surface area contributed by atoms with Crippen molar-refractivity contribution in [2.24, 2.45) is 0 Å². The third-order valence-corrected chi connectivity index (χ3v) is 4.95. The van der Waals surface area contributed by atoms with E-state index in [9.17, 15) is 5.11 Å². The molecule has 16 heavy (non-hydrogen) atoms. The molecule has 1 heterocycles. The Morgan fingerprint density at radius 1 is 1.50 bits per heavy atom. The van der Waals surface area contributed by atoms with E-state index >= 15 is 0 Å². The van der Waals surface area contributed by atoms with Crippen molar-refractivity contribution in [1.29, 1.82) is 0 Å². The predicted octanol–water partition coefficient (Wildman–Crippen LogP) is 3.62. The molecule has 0 aliphatic rings. The molecule has 0 saturated carbocycles. The Morgan fingerprint density at radius 3 is 2.50 bits per heavy atom. The molecule has 0 aliphatic carbocycles. The van der Waals surface area contributed by atoms with Gasteiger partial charge < -0.3 is 9.84 Å². The molecule has 1 aromatic heterocycles. The van der Waals surface area contributed by atoms with Crippen LogP contribution in [-0.2, 0) is 11.2 Å². The Labute approximate surface area is 110 Å². The molecule has 0 spiro atoms. The van der Waals surface area contributed by atoms with Gasteiger partial charge in [0, 0.05) is 28.3 Å². The Balaban J connectivity index is 2.72. The van der Waals surface area contributed by atoms with Crippen molar-refractivity contribution in [2.45, 2.75) is 44.8 Å². The van der Waals surface area contributed by atoms with E-state index in [2.05, 4.69) is 35.8 Å². The molecule has 0 radical (unpaired) electrons. The van der Waals surface area contributed by atoms with E-state index in [-0.39, 0.29) is 0 Å². The molecule has 0 bridgehead atoms. The van der Waals surface area contributed by atoms with E-state index in [0.717, 1.165) is 17.3 Å². The number of hydrogen-bond donors (Lipinski definition) is 1. The number of aliphatic hydroxyl groups excluding tert-OH is 1. The second-order valence-electron chi connectivity index (χ2n) is 3.93. The first-order valence-electron chi connectivity index (χ1n) is 5.54. The Morgan fingerprint density at radius 2 is 2.12 bits per heavy atom. The molecule has 1 rings (SSSR count). The lowest BCUT2D eigenvalue weighted by molar-refractivity contribution is -0.106. The van der Waals surface area contributed by atoms with Gasteiger partial charge in [0.1, 0.15) is 0 Å². The number of aliphatic hydroxyl groups is 1. The molecule has 0 saturated heterocycles. The number of hydrogen-bond acceptors (Lipinski definition) is 3. The lowest BCUT2D eigenvalue weighted by Crippen LogP contribution is -2.44. The van der Waals surface area contributed by atoms with Crippen molar-refractivity contribution >= 4 is 27.3 Å². The van der Waals surface area contributed by atoms with E-state index in [0.29, 0.717) is 6.42 Å². The van der Waals surface area contributed by atoms with Crippen LogP contribution in [0.15, 0.2) is 15.9 Å². The van der Waals surface area contributed by atoms with Gasteiger partial charge >= 0.3 is 0 Å². The second-order valence-corrected chi connectivity index (χ2v) is 5.84. The molecule has 0 aliphatic heterocycles. The Kier molecular flexibility index (Phi) is 5.44. The summed E-state index contributed by atoms with van der Waals surface area (Å²) in [5, 5.41) is 12.3. The third-order valence-electron chi connectivity index (χ3n) is 3.23. The highest BCUT2D eigenvalue weighted by Crippen LogP contribution is 2.29. The highest BCUT2D eigenvalue weighted by molar-refractivity contribution is 9.10. The van der Waals surface area contributed by atoms with Crippen LogP contribution in [0.4, 0.5) is 0 Å². The molecule has 2 nitrogen and oxygen atoms in total. The maximum absolute atomic E-state index is 10.3. The van der Waals surface area contributed by atoms with Gasteiger partial charge in [-0.25, -0.2) is 0 Å². The highest BCUT2D eigenvalue weighted by Gasteiger charge is 2.34. The summed E-state index contributed by atoms with van der Waals surface area (Å²) in [5.74, 6) is 0. The molecule has 0 fully saturated rings. The summed E-state index contributed by atoms with van der Waals surface area (Å²) in [6.45, 7) is 4.11. The summed E-state index contributed by atoms with van der Waals surface area (Å²) in [7, 11) is 1.68. The molecular weight excluding hydrogens is 288 g/mol. The Bertz CT molecular complexity index is 312. The van der Waals surface area contributed by atoms with Crippen LogP contribution in [0.25, 0.3) is 0 Å². The van der Waals surface area contributed by atoms with Crippen molar-refractivity contribution in [3.8, 4) is 0 Å². The van der Waals surface area contributed by atoms with Crippen LogP contribution in [0.2, 0.25) is 0 Å². The van der Waals surface area contributed by atoms with Crippen molar-refractivity contribution < 1.29 is 9.84 Å². The van der Waals surface area contributed by atoms with Crippen molar-refractivity contribution in [3.05, 3.63) is 20.8 Å². The van der Waals surface area contributed by atoms with Crippen LogP contribution in [0, 0.1) is 0 Å². The van der Waals surface area contributed by atoms with Crippen molar-refractivity contribution in [2.75, 3.05) is 7.11 Å². The molecule has 1 unspecified atom stereocenters. The van der Waals surface area contributed by atoms with Crippen LogP contribution in [0.3, 0.4) is 0 Å². The van der Waals surface area contributed by atoms with Gasteiger partial charge in [-0.3, -0.25) is 0 Å². The van der Waals surface area contributed by atoms with E-state index in [1.54, 1.807) is 18.4 Å². The SMILES string of the molecule is CCC(CC)(OC)C(O)Cc1cc(Br)cs1. The van der Waals surface area contributed by atoms with Crippen LogP contribution in [0.1, 0.15) is 31.6 Å². The van der Waals surface area contributed by atoms with Crippen molar-refractivity contribution in [3.63, 3.8) is 0 Å². The quantitative estimate of drug-likeness (QED) is 0.870. The molecule has 0 amide bonds. The predicted molar refractivity (Wildman–Crippen MR) is 72.1 cm³/mol. The molecule has 1 atom stereocenters. The zero-order chi connectivity index (χ0) is 12.2. The lowest BCUT2D eigenvalue weighted by atomic mass is 9.88. The monoisotopic (exact) mass is 306 g/mol. The minimum absolute atomic E-state index is 0.406. The summed E-state index contributed by atoms with van der Waals surface area (Å²) in [4.78, 5) is 1.18. The summed E-state index contributed by atoms with van der Waals surface area (Å²) in [6.07, 6.45) is 1.87. The van der Waals surface area contributed by atoms with E-state index < -0.39 is 11.7 Å². The van der Waals surface area contributed by atoms with Crippen molar-refractivity contribution in [1.82, 2.24) is 0 Å². The second kappa shape index (κ2) is 6.15. The first-order valence-corrected chi connectivity index (χ1v) is 7.21. The van der Waals surface area contributed by atoms with Gasteiger partial charge in [-0.15, -0.1) is 11.3 Å². The maximum atomic E-state index is 10.3. The molecule has 4 heteroatoms. The summed E-state index contributed by atoms with van der Waals surface area (Å²) in [5.41, 5.74) is -0.406. The van der Waals surface area contributed by atoms with Gasteiger partial charge in [-0.05, 0) is 34.8 Å². The summed E-state index contributed by atoms with van der Waals surface area (Å²) >= 11 is 5.08. The fourth-order valence-electron chi connectivity index (χ4n) is 1.98. The van der Waals surface area contributed by atoms with Gasteiger partial charge in [0.25, 0.3) is 0 Å². The molecule has 1 N–H and O–H groups in total. The fourth-order valence-corrected chi connectivity index (χ4v) is 3.47. The van der Waals surface area contributed by atoms with E-state index in [4.69, 9.17) is 4.74 Å². The fraction of sp³-hybridized carbons (Fsp3) is 0.667. The zero-order valence-corrected chi connectivity index (χ0v) is 12.4. The Hall–Kier alpha value is 0.1000. The maximum Gasteiger partial charge on any atom is 0.0934 e. The summed E-state index contributed by atoms with van der Waals surface area (Å²) in [6, 6.07) is 2.06. The number of rotatable bonds is 6. The van der Waals surface area contributed by atoms with Crippen LogP contribution in [0.5, 0.6) is 0 Å². The minimum atomic E-state index is -0.446. The minimum Gasteiger partial charge on any atom is -0.390 e. The third kappa shape index (κ3) is 3.06. The first-order chi connectivity index (χ1) is 7.57. The largest absolute Gasteiger partial charge is 0.390 e. The topological polar surface area (TPSA) is 29.5 Å². The average Bonchev–Trinajstić information content (AvgIpc) is 2.67. The number of thiophene rings is 1. The number of ether oxygens (including phenoxy) is 1. The van der Waals surface area contributed by atoms with E-state index in [1.165, 1.54) is 4.88 Å². The van der Waals surface area contributed by atoms with Crippen LogP contribution in [-0.4, -0.2) is 23.9 Å². The average molecular weight is 307 g/mol.